The van der Waals surface area contributed by atoms with Crippen LogP contribution in [-0.2, 0) is 0 Å². The third-order valence-electron chi connectivity index (χ3n) is 3.21. The summed E-state index contributed by atoms with van der Waals surface area (Å²) in [6.07, 6.45) is 7.57. The largest absolute Gasteiger partial charge is 0.507 e. The molecule has 98 valence electrons. The van der Waals surface area contributed by atoms with E-state index in [2.05, 4.69) is 10.1 Å². The van der Waals surface area contributed by atoms with Crippen LogP contribution in [0.4, 0.5) is 0 Å². The Morgan fingerprint density at radius 3 is 2.68 bits per heavy atom. The summed E-state index contributed by atoms with van der Waals surface area (Å²) in [6.45, 7) is 1.93. The zero-order valence-electron chi connectivity index (χ0n) is 10.6. The van der Waals surface area contributed by atoms with Crippen molar-refractivity contribution in [2.75, 3.05) is 13.1 Å². The fourth-order valence-corrected chi connectivity index (χ4v) is 2.23. The van der Waals surface area contributed by atoms with Gasteiger partial charge in [0, 0.05) is 25.5 Å². The Kier molecular flexibility index (Phi) is 3.18. The lowest BCUT2D eigenvalue weighted by atomic mass is 10.2. The van der Waals surface area contributed by atoms with Gasteiger partial charge in [-0.2, -0.15) is 5.10 Å². The van der Waals surface area contributed by atoms with E-state index < -0.39 is 0 Å². The summed E-state index contributed by atoms with van der Waals surface area (Å²) in [6, 6.07) is 7.24. The highest BCUT2D eigenvalue weighted by Gasteiger charge is 2.15. The van der Waals surface area contributed by atoms with E-state index in [1.807, 2.05) is 27.9 Å². The quantitative estimate of drug-likeness (QED) is 0.659. The van der Waals surface area contributed by atoms with Gasteiger partial charge in [-0.3, -0.25) is 9.58 Å². The van der Waals surface area contributed by atoms with Crippen molar-refractivity contribution in [3.63, 3.8) is 0 Å². The number of benzene rings is 1. The van der Waals surface area contributed by atoms with Crippen LogP contribution in [0.2, 0.25) is 0 Å². The molecule has 1 aliphatic rings. The summed E-state index contributed by atoms with van der Waals surface area (Å²) in [7, 11) is 0. The second kappa shape index (κ2) is 5.14. The molecule has 2 aromatic rings. The molecule has 0 aliphatic carbocycles. The number of hydrogen-bond donors (Lipinski definition) is 1. The molecule has 0 saturated carbocycles. The molecule has 0 bridgehead atoms. The first-order valence-electron chi connectivity index (χ1n) is 6.45. The van der Waals surface area contributed by atoms with E-state index in [9.17, 15) is 5.11 Å². The van der Waals surface area contributed by atoms with Gasteiger partial charge in [-0.15, -0.1) is 0 Å². The molecule has 1 N–H and O–H groups in total. The zero-order valence-corrected chi connectivity index (χ0v) is 10.6. The Morgan fingerprint density at radius 1 is 1.21 bits per heavy atom. The minimum atomic E-state index is 0.231. The minimum absolute atomic E-state index is 0.231. The number of phenolic OH excluding ortho intramolecular Hbond substituents is 1. The van der Waals surface area contributed by atoms with Crippen molar-refractivity contribution in [3.05, 3.63) is 48.5 Å². The lowest BCUT2D eigenvalue weighted by Crippen LogP contribution is -2.20. The summed E-state index contributed by atoms with van der Waals surface area (Å²) >= 11 is 0. The highest BCUT2D eigenvalue weighted by Crippen LogP contribution is 2.19. The molecule has 0 atom stereocenters. The molecule has 0 radical (unpaired) electrons. The van der Waals surface area contributed by atoms with E-state index in [1.165, 1.54) is 12.8 Å². The highest BCUT2D eigenvalue weighted by atomic mass is 16.3. The molecule has 1 saturated heterocycles. The van der Waals surface area contributed by atoms with Crippen molar-refractivity contribution < 1.29 is 5.11 Å². The van der Waals surface area contributed by atoms with Gasteiger partial charge < -0.3 is 5.11 Å². The van der Waals surface area contributed by atoms with E-state index in [4.69, 9.17) is 0 Å². The average molecular weight is 256 g/mol. The number of hydrogen-bond acceptors (Lipinski definition) is 4. The van der Waals surface area contributed by atoms with Crippen LogP contribution < -0.4 is 0 Å². The third kappa shape index (κ3) is 2.45. The minimum Gasteiger partial charge on any atom is -0.507 e. The number of rotatable bonds is 2. The molecule has 2 heterocycles. The molecule has 0 spiro atoms. The number of para-hydroxylation sites is 1. The fraction of sp³-hybridized carbons (Fsp3) is 0.286. The molecular formula is C14H16N4O. The molecule has 1 aromatic heterocycles. The third-order valence-corrected chi connectivity index (χ3v) is 3.21. The molecular weight excluding hydrogens is 240 g/mol. The van der Waals surface area contributed by atoms with Gasteiger partial charge in [-0.1, -0.05) is 12.1 Å². The number of phenols is 1. The maximum atomic E-state index is 10.0. The van der Waals surface area contributed by atoms with Crippen molar-refractivity contribution in [3.8, 4) is 5.75 Å². The molecule has 19 heavy (non-hydrogen) atoms. The standard InChI is InChI=1S/C14H16N4O/c19-13-6-2-1-5-12(13)14(17-10-7-15-11-17)16-18-8-3-4-9-18/h1-2,5-7,10-11,19H,3-4,8-9H2/b16-14-. The van der Waals surface area contributed by atoms with Crippen LogP contribution in [-0.4, -0.2) is 38.6 Å². The van der Waals surface area contributed by atoms with Crippen molar-refractivity contribution >= 4 is 5.84 Å². The van der Waals surface area contributed by atoms with Gasteiger partial charge in [0.05, 0.1) is 5.56 Å². The first-order chi connectivity index (χ1) is 9.34. The van der Waals surface area contributed by atoms with Crippen LogP contribution >= 0.6 is 0 Å². The molecule has 5 nitrogen and oxygen atoms in total. The Bertz CT molecular complexity index is 571. The van der Waals surface area contributed by atoms with Crippen LogP contribution in [0, 0.1) is 0 Å². The van der Waals surface area contributed by atoms with Gasteiger partial charge in [-0.05, 0) is 25.0 Å². The van der Waals surface area contributed by atoms with Gasteiger partial charge in [0.25, 0.3) is 0 Å². The van der Waals surface area contributed by atoms with E-state index in [1.54, 1.807) is 24.7 Å². The molecule has 5 heteroatoms. The van der Waals surface area contributed by atoms with Gasteiger partial charge in [0.2, 0.25) is 0 Å². The van der Waals surface area contributed by atoms with Gasteiger partial charge >= 0.3 is 0 Å². The normalized spacial score (nSPS) is 16.0. The lowest BCUT2D eigenvalue weighted by Gasteiger charge is -2.15. The summed E-state index contributed by atoms with van der Waals surface area (Å²) in [5.41, 5.74) is 0.715. The van der Waals surface area contributed by atoms with Crippen molar-refractivity contribution in [2.24, 2.45) is 5.10 Å². The topological polar surface area (TPSA) is 53.7 Å². The van der Waals surface area contributed by atoms with Crippen LogP contribution in [0.25, 0.3) is 0 Å². The predicted octanol–water partition coefficient (Wildman–Crippen LogP) is 1.89. The molecule has 0 unspecified atom stereocenters. The average Bonchev–Trinajstić information content (AvgIpc) is 3.10. The first-order valence-corrected chi connectivity index (χ1v) is 6.45. The zero-order chi connectivity index (χ0) is 13.1. The van der Waals surface area contributed by atoms with Crippen molar-refractivity contribution in [1.29, 1.82) is 0 Å². The summed E-state index contributed by atoms with van der Waals surface area (Å²) in [5.74, 6) is 0.937. The van der Waals surface area contributed by atoms with Crippen molar-refractivity contribution in [2.45, 2.75) is 12.8 Å². The Hall–Kier alpha value is -2.30. The Morgan fingerprint density at radius 2 is 2.00 bits per heavy atom. The predicted molar refractivity (Wildman–Crippen MR) is 73.1 cm³/mol. The Labute approximate surface area is 111 Å². The summed E-state index contributed by atoms with van der Waals surface area (Å²) < 4.78 is 1.83. The summed E-state index contributed by atoms with van der Waals surface area (Å²) in [5, 5.41) is 16.7. The second-order valence-electron chi connectivity index (χ2n) is 4.57. The lowest BCUT2D eigenvalue weighted by molar-refractivity contribution is 0.358. The second-order valence-corrected chi connectivity index (χ2v) is 4.57. The summed E-state index contributed by atoms with van der Waals surface area (Å²) in [4.78, 5) is 4.05. The van der Waals surface area contributed by atoms with Crippen LogP contribution in [0.5, 0.6) is 5.75 Å². The van der Waals surface area contributed by atoms with E-state index >= 15 is 0 Å². The van der Waals surface area contributed by atoms with E-state index in [0.29, 0.717) is 11.4 Å². The van der Waals surface area contributed by atoms with Crippen LogP contribution in [0.3, 0.4) is 0 Å². The molecule has 1 aromatic carbocycles. The maximum Gasteiger partial charge on any atom is 0.169 e. The fourth-order valence-electron chi connectivity index (χ4n) is 2.23. The number of nitrogens with zero attached hydrogens (tertiary/aromatic N) is 4. The molecule has 1 aliphatic heterocycles. The Balaban J connectivity index is 2.04. The van der Waals surface area contributed by atoms with Gasteiger partial charge in [0.15, 0.2) is 5.84 Å². The van der Waals surface area contributed by atoms with Crippen molar-refractivity contribution in [1.82, 2.24) is 14.6 Å². The maximum absolute atomic E-state index is 10.0. The number of aromatic hydroxyl groups is 1. The monoisotopic (exact) mass is 256 g/mol. The van der Waals surface area contributed by atoms with Crippen LogP contribution in [0.1, 0.15) is 18.4 Å². The number of aromatic nitrogens is 2. The first kappa shape index (κ1) is 11.8. The molecule has 1 fully saturated rings. The van der Waals surface area contributed by atoms with Gasteiger partial charge in [-0.25, -0.2) is 4.98 Å². The SMILES string of the molecule is Oc1ccccc1/C(=N/N1CCCC1)n1ccnc1. The van der Waals surface area contributed by atoms with E-state index in [-0.39, 0.29) is 5.75 Å². The highest BCUT2D eigenvalue weighted by molar-refractivity contribution is 6.02. The molecule has 0 amide bonds. The van der Waals surface area contributed by atoms with E-state index in [0.717, 1.165) is 13.1 Å². The van der Waals surface area contributed by atoms with Gasteiger partial charge in [0.1, 0.15) is 12.1 Å². The smallest absolute Gasteiger partial charge is 0.169 e. The van der Waals surface area contributed by atoms with Crippen LogP contribution in [0.15, 0.2) is 48.1 Å². The molecule has 3 rings (SSSR count). The number of hydrazone groups is 1. The number of imidazole rings is 1.